The lowest BCUT2D eigenvalue weighted by Gasteiger charge is -2.10. The molecule has 0 spiro atoms. The summed E-state index contributed by atoms with van der Waals surface area (Å²) in [4.78, 5) is 12.9. The summed E-state index contributed by atoms with van der Waals surface area (Å²) in [6, 6.07) is 9.57. The number of benzene rings is 1. The van der Waals surface area contributed by atoms with Crippen LogP contribution in [0.2, 0.25) is 0 Å². The molecule has 2 heterocycles. The number of aromatic nitrogens is 2. The first-order valence-electron chi connectivity index (χ1n) is 7.77. The van der Waals surface area contributed by atoms with Gasteiger partial charge in [0.1, 0.15) is 11.6 Å². The van der Waals surface area contributed by atoms with E-state index in [2.05, 4.69) is 15.5 Å². The van der Waals surface area contributed by atoms with Crippen molar-refractivity contribution in [3.8, 4) is 5.75 Å². The zero-order chi connectivity index (χ0) is 18.4. The number of thioether (sulfide) groups is 1. The Morgan fingerprint density at radius 3 is 2.88 bits per heavy atom. The average molecular weight is 393 g/mol. The Balaban J connectivity index is 1.46. The molecule has 0 aliphatic heterocycles. The summed E-state index contributed by atoms with van der Waals surface area (Å²) < 4.78 is 24.0. The van der Waals surface area contributed by atoms with Crippen LogP contribution in [0, 0.1) is 5.82 Å². The van der Waals surface area contributed by atoms with Crippen molar-refractivity contribution in [1.29, 1.82) is 0 Å². The minimum atomic E-state index is -0.491. The van der Waals surface area contributed by atoms with Crippen molar-refractivity contribution in [2.75, 3.05) is 5.75 Å². The minimum Gasteiger partial charge on any atom is -0.481 e. The molecule has 0 saturated heterocycles. The maximum absolute atomic E-state index is 12.9. The molecule has 1 aromatic carbocycles. The van der Waals surface area contributed by atoms with Gasteiger partial charge in [0.2, 0.25) is 5.91 Å². The summed E-state index contributed by atoms with van der Waals surface area (Å²) in [5.74, 6) is 0.521. The van der Waals surface area contributed by atoms with Gasteiger partial charge in [-0.25, -0.2) is 4.39 Å². The summed E-state index contributed by atoms with van der Waals surface area (Å²) in [5.41, 5.74) is 0. The topological polar surface area (TPSA) is 77.2 Å². The molecule has 0 bridgehead atoms. The van der Waals surface area contributed by atoms with Gasteiger partial charge in [-0.15, -0.1) is 21.5 Å². The van der Waals surface area contributed by atoms with Crippen molar-refractivity contribution in [1.82, 2.24) is 15.5 Å². The van der Waals surface area contributed by atoms with Crippen LogP contribution in [-0.4, -0.2) is 21.9 Å². The van der Waals surface area contributed by atoms with Crippen molar-refractivity contribution >= 4 is 29.0 Å². The molecule has 0 saturated carbocycles. The SMILES string of the molecule is CC(Oc1ccc(F)cc1)c1nnc(SCC(=O)NCc2cccs2)o1. The van der Waals surface area contributed by atoms with Gasteiger partial charge < -0.3 is 14.5 Å². The first kappa shape index (κ1) is 18.4. The molecule has 2 aromatic heterocycles. The van der Waals surface area contributed by atoms with Crippen LogP contribution >= 0.6 is 23.1 Å². The van der Waals surface area contributed by atoms with Crippen LogP contribution in [0.25, 0.3) is 0 Å². The highest BCUT2D eigenvalue weighted by molar-refractivity contribution is 7.99. The molecule has 1 atom stereocenters. The fraction of sp³-hybridized carbons (Fsp3) is 0.235. The number of nitrogens with one attached hydrogen (secondary N) is 1. The molecule has 6 nitrogen and oxygen atoms in total. The molecule has 0 radical (unpaired) electrons. The zero-order valence-electron chi connectivity index (χ0n) is 13.8. The maximum atomic E-state index is 12.9. The molecule has 0 fully saturated rings. The van der Waals surface area contributed by atoms with Crippen molar-refractivity contribution in [3.63, 3.8) is 0 Å². The normalized spacial score (nSPS) is 11.9. The number of nitrogens with zero attached hydrogens (tertiary/aromatic N) is 2. The number of hydrogen-bond acceptors (Lipinski definition) is 7. The van der Waals surface area contributed by atoms with E-state index in [-0.39, 0.29) is 23.4 Å². The standard InChI is InChI=1S/C17H16FN3O3S2/c1-11(23-13-6-4-12(18)5-7-13)16-20-21-17(24-16)26-10-15(22)19-9-14-3-2-8-25-14/h2-8,11H,9-10H2,1H3,(H,19,22). The Labute approximate surface area is 157 Å². The van der Waals surface area contributed by atoms with Gasteiger partial charge in [-0.1, -0.05) is 17.8 Å². The summed E-state index contributed by atoms with van der Waals surface area (Å²) in [5, 5.41) is 12.9. The van der Waals surface area contributed by atoms with Crippen molar-refractivity contribution in [3.05, 3.63) is 58.4 Å². The predicted octanol–water partition coefficient (Wildman–Crippen LogP) is 3.82. The fourth-order valence-electron chi connectivity index (χ4n) is 1.99. The Bertz CT molecular complexity index is 837. The van der Waals surface area contributed by atoms with Gasteiger partial charge in [0.05, 0.1) is 12.3 Å². The van der Waals surface area contributed by atoms with Crippen LogP contribution in [0.15, 0.2) is 51.4 Å². The van der Waals surface area contributed by atoms with Gasteiger partial charge in [-0.05, 0) is 42.6 Å². The van der Waals surface area contributed by atoms with Crippen LogP contribution in [0.1, 0.15) is 23.8 Å². The lowest BCUT2D eigenvalue weighted by molar-refractivity contribution is -0.118. The van der Waals surface area contributed by atoms with Crippen LogP contribution in [-0.2, 0) is 11.3 Å². The summed E-state index contributed by atoms with van der Waals surface area (Å²) in [6.45, 7) is 2.26. The van der Waals surface area contributed by atoms with E-state index < -0.39 is 6.10 Å². The molecule has 0 aliphatic carbocycles. The zero-order valence-corrected chi connectivity index (χ0v) is 15.5. The highest BCUT2D eigenvalue weighted by atomic mass is 32.2. The molecule has 3 aromatic rings. The third-order valence-electron chi connectivity index (χ3n) is 3.26. The number of amides is 1. The van der Waals surface area contributed by atoms with E-state index >= 15 is 0 Å². The fourth-order valence-corrected chi connectivity index (χ4v) is 3.23. The third kappa shape index (κ3) is 5.30. The number of carbonyl (C=O) groups excluding carboxylic acids is 1. The summed E-state index contributed by atoms with van der Waals surface area (Å²) in [7, 11) is 0. The second kappa shape index (κ2) is 8.81. The van der Waals surface area contributed by atoms with E-state index in [4.69, 9.17) is 9.15 Å². The lowest BCUT2D eigenvalue weighted by atomic mass is 10.3. The molecule has 1 N–H and O–H groups in total. The Morgan fingerprint density at radius 1 is 1.35 bits per heavy atom. The summed E-state index contributed by atoms with van der Waals surface area (Å²) >= 11 is 2.75. The van der Waals surface area contributed by atoms with Crippen LogP contribution in [0.4, 0.5) is 4.39 Å². The number of halogens is 1. The van der Waals surface area contributed by atoms with Crippen LogP contribution < -0.4 is 10.1 Å². The Hall–Kier alpha value is -2.39. The quantitative estimate of drug-likeness (QED) is 0.586. The summed E-state index contributed by atoms with van der Waals surface area (Å²) in [6.07, 6.45) is -0.491. The van der Waals surface area contributed by atoms with Gasteiger partial charge >= 0.3 is 0 Å². The van der Waals surface area contributed by atoms with E-state index in [0.717, 1.165) is 16.6 Å². The minimum absolute atomic E-state index is 0.112. The van der Waals surface area contributed by atoms with Crippen molar-refractivity contribution < 1.29 is 18.3 Å². The van der Waals surface area contributed by atoms with Gasteiger partial charge in [0, 0.05) is 4.88 Å². The Morgan fingerprint density at radius 2 is 2.15 bits per heavy atom. The Kier molecular flexibility index (Phi) is 6.24. The van der Waals surface area contributed by atoms with Gasteiger partial charge in [0.15, 0.2) is 6.10 Å². The van der Waals surface area contributed by atoms with E-state index in [1.807, 2.05) is 17.5 Å². The highest BCUT2D eigenvalue weighted by Gasteiger charge is 2.17. The monoisotopic (exact) mass is 393 g/mol. The molecular weight excluding hydrogens is 377 g/mol. The number of ether oxygens (including phenoxy) is 1. The van der Waals surface area contributed by atoms with Gasteiger partial charge in [-0.2, -0.15) is 0 Å². The van der Waals surface area contributed by atoms with Crippen molar-refractivity contribution in [2.45, 2.75) is 24.8 Å². The molecule has 136 valence electrons. The molecule has 3 rings (SSSR count). The van der Waals surface area contributed by atoms with Crippen LogP contribution in [0.5, 0.6) is 5.75 Å². The second-order valence-electron chi connectivity index (χ2n) is 5.26. The lowest BCUT2D eigenvalue weighted by Crippen LogP contribution is -2.24. The molecule has 1 amide bonds. The second-order valence-corrected chi connectivity index (χ2v) is 7.22. The highest BCUT2D eigenvalue weighted by Crippen LogP contribution is 2.24. The van der Waals surface area contributed by atoms with Gasteiger partial charge in [-0.3, -0.25) is 4.79 Å². The molecule has 1 unspecified atom stereocenters. The smallest absolute Gasteiger partial charge is 0.277 e. The van der Waals surface area contributed by atoms with E-state index in [1.54, 1.807) is 18.3 Å². The first-order valence-corrected chi connectivity index (χ1v) is 9.64. The van der Waals surface area contributed by atoms with E-state index in [0.29, 0.717) is 17.5 Å². The number of thiophene rings is 1. The molecule has 26 heavy (non-hydrogen) atoms. The third-order valence-corrected chi connectivity index (χ3v) is 4.96. The molecular formula is C17H16FN3O3S2. The molecule has 9 heteroatoms. The van der Waals surface area contributed by atoms with E-state index in [1.165, 1.54) is 24.3 Å². The maximum Gasteiger partial charge on any atom is 0.277 e. The molecule has 0 aliphatic rings. The number of carbonyl (C=O) groups is 1. The van der Waals surface area contributed by atoms with Crippen LogP contribution in [0.3, 0.4) is 0 Å². The largest absolute Gasteiger partial charge is 0.481 e. The van der Waals surface area contributed by atoms with E-state index in [9.17, 15) is 9.18 Å². The van der Waals surface area contributed by atoms with Gasteiger partial charge in [0.25, 0.3) is 11.1 Å². The number of hydrogen-bond donors (Lipinski definition) is 1. The average Bonchev–Trinajstić information content (AvgIpc) is 3.32. The first-order chi connectivity index (χ1) is 12.6. The number of rotatable bonds is 8. The van der Waals surface area contributed by atoms with Crippen molar-refractivity contribution in [2.24, 2.45) is 0 Å². The predicted molar refractivity (Wildman–Crippen MR) is 96.6 cm³/mol.